The van der Waals surface area contributed by atoms with Gasteiger partial charge in [0.05, 0.1) is 0 Å². The summed E-state index contributed by atoms with van der Waals surface area (Å²) in [5.74, 6) is 0.665. The van der Waals surface area contributed by atoms with Crippen molar-refractivity contribution < 1.29 is 4.39 Å². The van der Waals surface area contributed by atoms with Crippen LogP contribution >= 0.6 is 0 Å². The number of rotatable bonds is 3. The van der Waals surface area contributed by atoms with Gasteiger partial charge in [-0.25, -0.2) is 9.37 Å². The molecule has 0 bridgehead atoms. The molecule has 0 fully saturated rings. The van der Waals surface area contributed by atoms with Crippen LogP contribution in [0.15, 0.2) is 24.5 Å². The molecular weight excluding hydrogens is 231 g/mol. The maximum atomic E-state index is 14.4. The molecule has 1 aliphatic rings. The topological polar surface area (TPSA) is 42.7 Å². The Labute approximate surface area is 105 Å². The quantitative estimate of drug-likeness (QED) is 0.901. The lowest BCUT2D eigenvalue weighted by Crippen LogP contribution is -2.06. The standard InChI is InChI=1S/C13H15FN4/c1-18-12(16-8-17-18)7-11(14)10-4-2-3-9-5-6-15-13(9)10/h2-4,8,11,15H,5-7H2,1H3. The summed E-state index contributed by atoms with van der Waals surface area (Å²) in [5, 5.41) is 7.22. The highest BCUT2D eigenvalue weighted by Gasteiger charge is 2.21. The summed E-state index contributed by atoms with van der Waals surface area (Å²) in [4.78, 5) is 4.07. The molecule has 1 unspecified atom stereocenters. The second kappa shape index (κ2) is 4.40. The van der Waals surface area contributed by atoms with Crippen LogP contribution in [-0.4, -0.2) is 21.3 Å². The maximum absolute atomic E-state index is 14.4. The number of benzene rings is 1. The first kappa shape index (κ1) is 11.2. The van der Waals surface area contributed by atoms with Crippen LogP contribution in [0.25, 0.3) is 0 Å². The largest absolute Gasteiger partial charge is 0.384 e. The summed E-state index contributed by atoms with van der Waals surface area (Å²) in [6.45, 7) is 0.892. The number of aryl methyl sites for hydroxylation is 1. The van der Waals surface area contributed by atoms with Crippen molar-refractivity contribution >= 4 is 5.69 Å². The Kier molecular flexibility index (Phi) is 2.74. The van der Waals surface area contributed by atoms with Gasteiger partial charge in [-0.05, 0) is 12.0 Å². The first-order valence-corrected chi connectivity index (χ1v) is 6.08. The maximum Gasteiger partial charge on any atom is 0.138 e. The Bertz CT molecular complexity index is 564. The third-order valence-electron chi connectivity index (χ3n) is 3.38. The van der Waals surface area contributed by atoms with Crippen molar-refractivity contribution in [1.82, 2.24) is 14.8 Å². The van der Waals surface area contributed by atoms with E-state index in [2.05, 4.69) is 15.4 Å². The molecule has 0 radical (unpaired) electrons. The van der Waals surface area contributed by atoms with E-state index in [4.69, 9.17) is 0 Å². The molecule has 1 atom stereocenters. The number of anilines is 1. The average Bonchev–Trinajstić information content (AvgIpc) is 2.98. The number of halogens is 1. The Hall–Kier alpha value is -1.91. The molecule has 5 heteroatoms. The highest BCUT2D eigenvalue weighted by molar-refractivity contribution is 5.61. The second-order valence-corrected chi connectivity index (χ2v) is 4.53. The van der Waals surface area contributed by atoms with E-state index in [-0.39, 0.29) is 6.42 Å². The van der Waals surface area contributed by atoms with Crippen LogP contribution in [0.1, 0.15) is 23.1 Å². The first-order chi connectivity index (χ1) is 8.75. The fraction of sp³-hybridized carbons (Fsp3) is 0.385. The molecule has 0 amide bonds. The minimum atomic E-state index is -1.05. The fourth-order valence-electron chi connectivity index (χ4n) is 2.40. The first-order valence-electron chi connectivity index (χ1n) is 6.08. The van der Waals surface area contributed by atoms with Gasteiger partial charge >= 0.3 is 0 Å². The lowest BCUT2D eigenvalue weighted by Gasteiger charge is -2.13. The van der Waals surface area contributed by atoms with E-state index >= 15 is 0 Å². The molecule has 1 aromatic heterocycles. The Balaban J connectivity index is 1.87. The van der Waals surface area contributed by atoms with Gasteiger partial charge in [-0.2, -0.15) is 5.10 Å². The molecular formula is C13H15FN4. The third-order valence-corrected chi connectivity index (χ3v) is 3.38. The molecule has 4 nitrogen and oxygen atoms in total. The van der Waals surface area contributed by atoms with E-state index in [1.165, 1.54) is 11.9 Å². The number of hydrogen-bond donors (Lipinski definition) is 1. The van der Waals surface area contributed by atoms with E-state index < -0.39 is 6.17 Å². The van der Waals surface area contributed by atoms with Crippen LogP contribution in [0.5, 0.6) is 0 Å². The van der Waals surface area contributed by atoms with Crippen molar-refractivity contribution in [2.24, 2.45) is 7.05 Å². The van der Waals surface area contributed by atoms with Crippen molar-refractivity contribution in [2.75, 3.05) is 11.9 Å². The number of nitrogens with zero attached hydrogens (tertiary/aromatic N) is 3. The minimum Gasteiger partial charge on any atom is -0.384 e. The van der Waals surface area contributed by atoms with E-state index in [1.807, 2.05) is 18.2 Å². The molecule has 2 heterocycles. The lowest BCUT2D eigenvalue weighted by atomic mass is 10.0. The van der Waals surface area contributed by atoms with Gasteiger partial charge < -0.3 is 5.32 Å². The average molecular weight is 246 g/mol. The van der Waals surface area contributed by atoms with E-state index in [9.17, 15) is 4.39 Å². The van der Waals surface area contributed by atoms with Gasteiger partial charge in [0.25, 0.3) is 0 Å². The summed E-state index contributed by atoms with van der Waals surface area (Å²) in [7, 11) is 1.78. The molecule has 0 saturated carbocycles. The van der Waals surface area contributed by atoms with Crippen LogP contribution in [0.2, 0.25) is 0 Å². The van der Waals surface area contributed by atoms with Crippen molar-refractivity contribution in [2.45, 2.75) is 19.0 Å². The SMILES string of the molecule is Cn1ncnc1CC(F)c1cccc2c1NCC2. The molecule has 0 aliphatic carbocycles. The molecule has 1 N–H and O–H groups in total. The number of fused-ring (bicyclic) bond motifs is 1. The Morgan fingerprint density at radius 1 is 1.50 bits per heavy atom. The molecule has 0 spiro atoms. The predicted molar refractivity (Wildman–Crippen MR) is 67.2 cm³/mol. The number of aromatic nitrogens is 3. The minimum absolute atomic E-state index is 0.259. The normalized spacial score (nSPS) is 15.2. The van der Waals surface area contributed by atoms with Gasteiger partial charge in [0.2, 0.25) is 0 Å². The number of para-hydroxylation sites is 1. The zero-order valence-electron chi connectivity index (χ0n) is 10.2. The number of hydrogen-bond acceptors (Lipinski definition) is 3. The van der Waals surface area contributed by atoms with Crippen molar-refractivity contribution in [1.29, 1.82) is 0 Å². The molecule has 18 heavy (non-hydrogen) atoms. The molecule has 0 saturated heterocycles. The molecule has 94 valence electrons. The monoisotopic (exact) mass is 246 g/mol. The molecule has 1 aliphatic heterocycles. The highest BCUT2D eigenvalue weighted by Crippen LogP contribution is 2.33. The van der Waals surface area contributed by atoms with Crippen LogP contribution in [-0.2, 0) is 19.9 Å². The summed E-state index contributed by atoms with van der Waals surface area (Å²) in [6, 6.07) is 5.82. The molecule has 2 aromatic rings. The van der Waals surface area contributed by atoms with Gasteiger partial charge in [-0.1, -0.05) is 18.2 Å². The van der Waals surface area contributed by atoms with Crippen LogP contribution in [0, 0.1) is 0 Å². The lowest BCUT2D eigenvalue weighted by molar-refractivity contribution is 0.334. The van der Waals surface area contributed by atoms with E-state index in [0.717, 1.165) is 24.2 Å². The van der Waals surface area contributed by atoms with Gasteiger partial charge in [-0.3, -0.25) is 4.68 Å². The zero-order chi connectivity index (χ0) is 12.5. The predicted octanol–water partition coefficient (Wildman–Crippen LogP) is 2.04. The van der Waals surface area contributed by atoms with Crippen molar-refractivity contribution in [3.8, 4) is 0 Å². The van der Waals surface area contributed by atoms with Crippen molar-refractivity contribution in [3.63, 3.8) is 0 Å². The van der Waals surface area contributed by atoms with E-state index in [0.29, 0.717) is 5.82 Å². The summed E-state index contributed by atoms with van der Waals surface area (Å²) < 4.78 is 16.0. The van der Waals surface area contributed by atoms with Crippen LogP contribution in [0.4, 0.5) is 10.1 Å². The zero-order valence-corrected chi connectivity index (χ0v) is 10.2. The van der Waals surface area contributed by atoms with Crippen molar-refractivity contribution in [3.05, 3.63) is 41.5 Å². The Morgan fingerprint density at radius 3 is 3.17 bits per heavy atom. The smallest absolute Gasteiger partial charge is 0.138 e. The third kappa shape index (κ3) is 1.85. The van der Waals surface area contributed by atoms with Crippen LogP contribution < -0.4 is 5.32 Å². The second-order valence-electron chi connectivity index (χ2n) is 4.53. The van der Waals surface area contributed by atoms with Gasteiger partial charge in [0.15, 0.2) is 0 Å². The summed E-state index contributed by atoms with van der Waals surface area (Å²) in [5.41, 5.74) is 2.90. The Morgan fingerprint density at radius 2 is 2.39 bits per heavy atom. The van der Waals surface area contributed by atoms with Gasteiger partial charge in [-0.15, -0.1) is 0 Å². The summed E-state index contributed by atoms with van der Waals surface area (Å²) >= 11 is 0. The van der Waals surface area contributed by atoms with Gasteiger partial charge in [0, 0.05) is 31.3 Å². The highest BCUT2D eigenvalue weighted by atomic mass is 19.1. The molecule has 1 aromatic carbocycles. The number of nitrogens with one attached hydrogen (secondary N) is 1. The fourth-order valence-corrected chi connectivity index (χ4v) is 2.40. The van der Waals surface area contributed by atoms with E-state index in [1.54, 1.807) is 11.7 Å². The number of alkyl halides is 1. The van der Waals surface area contributed by atoms with Gasteiger partial charge in [0.1, 0.15) is 18.3 Å². The van der Waals surface area contributed by atoms with Crippen LogP contribution in [0.3, 0.4) is 0 Å². The molecule has 3 rings (SSSR count). The summed E-state index contributed by atoms with van der Waals surface area (Å²) in [6.07, 6.45) is 1.64.